The second-order valence-electron chi connectivity index (χ2n) is 3.90. The number of rotatable bonds is 4. The summed E-state index contributed by atoms with van der Waals surface area (Å²) in [4.78, 5) is 11.9. The largest absolute Gasteiger partial charge is 0.508 e. The van der Waals surface area contributed by atoms with Crippen LogP contribution in [-0.2, 0) is 13.0 Å². The highest BCUT2D eigenvalue weighted by Crippen LogP contribution is 2.10. The number of hydrogen-bond acceptors (Lipinski definition) is 3. The lowest BCUT2D eigenvalue weighted by Crippen LogP contribution is -2.21. The van der Waals surface area contributed by atoms with Crippen LogP contribution in [0.1, 0.15) is 11.1 Å². The summed E-state index contributed by atoms with van der Waals surface area (Å²) in [5.41, 5.74) is 7.03. The number of aromatic amines is 1. The van der Waals surface area contributed by atoms with Gasteiger partial charge in [-0.2, -0.15) is 0 Å². The van der Waals surface area contributed by atoms with Gasteiger partial charge in [0.1, 0.15) is 5.75 Å². The Morgan fingerprint density at radius 1 is 1.29 bits per heavy atom. The van der Waals surface area contributed by atoms with Crippen LogP contribution in [0.25, 0.3) is 0 Å². The summed E-state index contributed by atoms with van der Waals surface area (Å²) >= 11 is 0. The fraction of sp³-hybridized carbons (Fsp3) is 0.250. The van der Waals surface area contributed by atoms with Crippen molar-refractivity contribution < 1.29 is 5.11 Å². The minimum absolute atomic E-state index is 0.0384. The topological polar surface area (TPSA) is 84.0 Å². The Morgan fingerprint density at radius 3 is 2.65 bits per heavy atom. The minimum atomic E-state index is -0.0384. The van der Waals surface area contributed by atoms with Gasteiger partial charge >= 0.3 is 0 Å². The summed E-state index contributed by atoms with van der Waals surface area (Å²) < 4.78 is 1.53. The molecule has 1 aromatic heterocycles. The molecular weight excluding hydrogens is 218 g/mol. The van der Waals surface area contributed by atoms with Crippen molar-refractivity contribution >= 4 is 0 Å². The minimum Gasteiger partial charge on any atom is -0.508 e. The average molecular weight is 233 g/mol. The Hall–Kier alpha value is -2.01. The smallest absolute Gasteiger partial charge is 0.269 e. The first-order valence-corrected chi connectivity index (χ1v) is 5.46. The van der Waals surface area contributed by atoms with Crippen molar-refractivity contribution in [3.63, 3.8) is 0 Å². The Morgan fingerprint density at radius 2 is 2.00 bits per heavy atom. The van der Waals surface area contributed by atoms with E-state index in [1.807, 2.05) is 0 Å². The molecule has 0 aliphatic carbocycles. The van der Waals surface area contributed by atoms with E-state index in [0.717, 1.165) is 5.56 Å². The molecule has 0 aliphatic heterocycles. The Kier molecular flexibility index (Phi) is 3.30. The zero-order valence-corrected chi connectivity index (χ0v) is 9.39. The van der Waals surface area contributed by atoms with E-state index in [0.29, 0.717) is 25.1 Å². The third-order valence-corrected chi connectivity index (χ3v) is 2.61. The second kappa shape index (κ2) is 4.88. The maximum Gasteiger partial charge on any atom is 0.269 e. The normalized spacial score (nSPS) is 10.6. The molecule has 0 aliphatic rings. The van der Waals surface area contributed by atoms with Crippen LogP contribution < -0.4 is 11.3 Å². The molecule has 0 radical (unpaired) electrons. The van der Waals surface area contributed by atoms with Crippen molar-refractivity contribution in [2.24, 2.45) is 5.73 Å². The standard InChI is InChI=1S/C12H15N3O2/c13-6-5-10-7-14-15(12(10)17)8-9-1-3-11(16)4-2-9/h1-4,7,14,16H,5-6,8,13H2. The molecule has 4 N–H and O–H groups in total. The molecule has 90 valence electrons. The molecule has 0 unspecified atom stereocenters. The summed E-state index contributed by atoms with van der Waals surface area (Å²) in [6.07, 6.45) is 2.27. The molecule has 1 aromatic carbocycles. The van der Waals surface area contributed by atoms with E-state index >= 15 is 0 Å². The number of aromatic hydroxyl groups is 1. The molecule has 2 rings (SSSR count). The van der Waals surface area contributed by atoms with E-state index < -0.39 is 0 Å². The number of phenolic OH excluding ortho intramolecular Hbond substituents is 1. The quantitative estimate of drug-likeness (QED) is 0.716. The predicted octanol–water partition coefficient (Wildman–Crippen LogP) is 0.431. The van der Waals surface area contributed by atoms with E-state index in [2.05, 4.69) is 5.10 Å². The maximum absolute atomic E-state index is 11.9. The number of nitrogens with zero attached hydrogens (tertiary/aromatic N) is 1. The van der Waals surface area contributed by atoms with E-state index in [1.165, 1.54) is 4.68 Å². The molecule has 0 saturated heterocycles. The highest BCUT2D eigenvalue weighted by atomic mass is 16.3. The first-order valence-electron chi connectivity index (χ1n) is 5.46. The van der Waals surface area contributed by atoms with Gasteiger partial charge in [0.2, 0.25) is 0 Å². The molecule has 0 spiro atoms. The van der Waals surface area contributed by atoms with Crippen molar-refractivity contribution in [3.05, 3.63) is 51.9 Å². The maximum atomic E-state index is 11.9. The van der Waals surface area contributed by atoms with Gasteiger partial charge in [-0.15, -0.1) is 0 Å². The molecule has 1 heterocycles. The van der Waals surface area contributed by atoms with Crippen molar-refractivity contribution in [1.82, 2.24) is 9.78 Å². The second-order valence-corrected chi connectivity index (χ2v) is 3.90. The van der Waals surface area contributed by atoms with Crippen molar-refractivity contribution in [2.75, 3.05) is 6.54 Å². The number of benzene rings is 1. The molecule has 0 bridgehead atoms. The van der Waals surface area contributed by atoms with Gasteiger partial charge in [0.05, 0.1) is 6.54 Å². The van der Waals surface area contributed by atoms with Gasteiger partial charge in [0.25, 0.3) is 5.56 Å². The van der Waals surface area contributed by atoms with Gasteiger partial charge < -0.3 is 15.9 Å². The van der Waals surface area contributed by atoms with Gasteiger partial charge in [-0.05, 0) is 30.7 Å². The first-order chi connectivity index (χ1) is 8.20. The van der Waals surface area contributed by atoms with E-state index in [4.69, 9.17) is 10.8 Å². The summed E-state index contributed by atoms with van der Waals surface area (Å²) in [6, 6.07) is 6.77. The zero-order chi connectivity index (χ0) is 12.3. The Balaban J connectivity index is 2.19. The van der Waals surface area contributed by atoms with E-state index in [9.17, 15) is 4.79 Å². The van der Waals surface area contributed by atoms with Crippen molar-refractivity contribution in [2.45, 2.75) is 13.0 Å². The molecule has 2 aromatic rings. The van der Waals surface area contributed by atoms with Crippen molar-refractivity contribution in [1.29, 1.82) is 0 Å². The van der Waals surface area contributed by atoms with Crippen LogP contribution in [0.4, 0.5) is 0 Å². The molecule has 0 amide bonds. The van der Waals surface area contributed by atoms with E-state index in [-0.39, 0.29) is 11.3 Å². The number of nitrogens with two attached hydrogens (primary N) is 1. The van der Waals surface area contributed by atoms with Crippen LogP contribution in [0, 0.1) is 0 Å². The lowest BCUT2D eigenvalue weighted by atomic mass is 10.2. The van der Waals surface area contributed by atoms with Crippen LogP contribution in [0.2, 0.25) is 0 Å². The number of phenols is 1. The van der Waals surface area contributed by atoms with Gasteiger partial charge in [0, 0.05) is 11.8 Å². The highest BCUT2D eigenvalue weighted by molar-refractivity contribution is 5.26. The third kappa shape index (κ3) is 2.57. The fourth-order valence-electron chi connectivity index (χ4n) is 1.69. The van der Waals surface area contributed by atoms with Gasteiger partial charge in [-0.25, -0.2) is 4.68 Å². The SMILES string of the molecule is NCCc1c[nH]n(Cc2ccc(O)cc2)c1=O. The lowest BCUT2D eigenvalue weighted by molar-refractivity contribution is 0.475. The lowest BCUT2D eigenvalue weighted by Gasteiger charge is -2.02. The van der Waals surface area contributed by atoms with Gasteiger partial charge in [-0.3, -0.25) is 4.79 Å². The summed E-state index contributed by atoms with van der Waals surface area (Å²) in [5, 5.41) is 12.1. The van der Waals surface area contributed by atoms with Crippen LogP contribution in [0.5, 0.6) is 5.75 Å². The van der Waals surface area contributed by atoms with Crippen molar-refractivity contribution in [3.8, 4) is 5.75 Å². The van der Waals surface area contributed by atoms with Gasteiger partial charge in [0.15, 0.2) is 0 Å². The molecule has 0 atom stereocenters. The third-order valence-electron chi connectivity index (χ3n) is 2.61. The first kappa shape index (κ1) is 11.5. The monoisotopic (exact) mass is 233 g/mol. The van der Waals surface area contributed by atoms with E-state index in [1.54, 1.807) is 30.5 Å². The predicted molar refractivity (Wildman–Crippen MR) is 65.0 cm³/mol. The molecule has 0 saturated carbocycles. The van der Waals surface area contributed by atoms with Crippen LogP contribution >= 0.6 is 0 Å². The average Bonchev–Trinajstić information content (AvgIpc) is 2.65. The highest BCUT2D eigenvalue weighted by Gasteiger charge is 2.05. The molecule has 5 heteroatoms. The fourth-order valence-corrected chi connectivity index (χ4v) is 1.69. The van der Waals surface area contributed by atoms with Crippen LogP contribution in [0.3, 0.4) is 0 Å². The Labute approximate surface area is 98.5 Å². The molecular formula is C12H15N3O2. The van der Waals surface area contributed by atoms with Crippen LogP contribution in [-0.4, -0.2) is 21.4 Å². The number of aromatic nitrogens is 2. The van der Waals surface area contributed by atoms with Crippen LogP contribution in [0.15, 0.2) is 35.3 Å². The summed E-state index contributed by atoms with van der Waals surface area (Å²) in [7, 11) is 0. The number of H-pyrrole nitrogens is 1. The Bertz CT molecular complexity index is 540. The number of nitrogens with one attached hydrogen (secondary N) is 1. The molecule has 17 heavy (non-hydrogen) atoms. The number of hydrogen-bond donors (Lipinski definition) is 3. The molecule has 0 fully saturated rings. The molecule has 5 nitrogen and oxygen atoms in total. The zero-order valence-electron chi connectivity index (χ0n) is 9.39. The summed E-state index contributed by atoms with van der Waals surface area (Å²) in [6.45, 7) is 0.927. The van der Waals surface area contributed by atoms with Gasteiger partial charge in [-0.1, -0.05) is 12.1 Å². The summed E-state index contributed by atoms with van der Waals surface area (Å²) in [5.74, 6) is 0.219.